The number of carbonyl (C=O) groups is 4. The van der Waals surface area contributed by atoms with Crippen LogP contribution in [-0.4, -0.2) is 80.7 Å². The number of methoxy groups -OCH3 is 1. The Morgan fingerprint density at radius 2 is 1.61 bits per heavy atom. The van der Waals surface area contributed by atoms with E-state index < -0.39 is 41.9 Å². The molecule has 0 aliphatic carbocycles. The zero-order valence-corrected chi connectivity index (χ0v) is 21.9. The normalized spacial score (nSPS) is 17.2. The van der Waals surface area contributed by atoms with Gasteiger partial charge in [-0.05, 0) is 17.9 Å². The van der Waals surface area contributed by atoms with Gasteiger partial charge >= 0.3 is 5.97 Å². The summed E-state index contributed by atoms with van der Waals surface area (Å²) in [5.74, 6) is -3.62. The molecule has 2 aromatic carbocycles. The van der Waals surface area contributed by atoms with Crippen LogP contribution in [0.5, 0.6) is 0 Å². The highest BCUT2D eigenvalue weighted by Crippen LogP contribution is 2.33. The average Bonchev–Trinajstić information content (AvgIpc) is 2.89. The summed E-state index contributed by atoms with van der Waals surface area (Å²) in [6, 6.07) is 15.1. The molecular formula is C28H33N3O7. The first kappa shape index (κ1) is 28.5. The molecule has 3 rings (SSSR count). The number of aliphatic hydroxyl groups excluding tert-OH is 1. The molecule has 1 aliphatic rings. The maximum atomic E-state index is 14.2. The van der Waals surface area contributed by atoms with Crippen LogP contribution >= 0.6 is 0 Å². The minimum atomic E-state index is -2.01. The lowest BCUT2D eigenvalue weighted by molar-refractivity contribution is -0.175. The average molecular weight is 524 g/mol. The van der Waals surface area contributed by atoms with Crippen LogP contribution in [0.4, 0.5) is 0 Å². The molecule has 3 amide bonds. The number of amides is 3. The Morgan fingerprint density at radius 1 is 1.03 bits per heavy atom. The van der Waals surface area contributed by atoms with Crippen LogP contribution in [0.2, 0.25) is 0 Å². The summed E-state index contributed by atoms with van der Waals surface area (Å²) >= 11 is 0. The molecule has 1 aliphatic heterocycles. The molecule has 10 nitrogen and oxygen atoms in total. The van der Waals surface area contributed by atoms with E-state index in [4.69, 9.17) is 4.74 Å². The second kappa shape index (κ2) is 12.5. The Kier molecular flexibility index (Phi) is 9.38. The number of ether oxygens (including phenoxy) is 1. The zero-order valence-electron chi connectivity index (χ0n) is 21.9. The summed E-state index contributed by atoms with van der Waals surface area (Å²) in [4.78, 5) is 53.7. The maximum Gasteiger partial charge on any atom is 0.334 e. The first-order chi connectivity index (χ1) is 18.1. The van der Waals surface area contributed by atoms with Gasteiger partial charge in [0.25, 0.3) is 11.8 Å². The van der Waals surface area contributed by atoms with Crippen LogP contribution in [0.1, 0.15) is 31.9 Å². The van der Waals surface area contributed by atoms with Crippen molar-refractivity contribution in [2.24, 2.45) is 5.92 Å². The molecule has 2 aromatic rings. The van der Waals surface area contributed by atoms with Crippen LogP contribution in [-0.2, 0) is 30.3 Å². The molecule has 0 radical (unpaired) electrons. The SMILES string of the molecule is COCC(=O)N1C=C(c2ccccc2)N(N(C(C)=O)[C@@H](Cc2ccccc2)C(O)C(=O)O)C(=O)[C@H]1C(C)C. The molecular weight excluding hydrogens is 490 g/mol. The van der Waals surface area contributed by atoms with Gasteiger partial charge in [-0.15, -0.1) is 0 Å². The van der Waals surface area contributed by atoms with Crippen molar-refractivity contribution in [1.82, 2.24) is 14.9 Å². The summed E-state index contributed by atoms with van der Waals surface area (Å²) in [7, 11) is 1.38. The molecule has 1 unspecified atom stereocenters. The van der Waals surface area contributed by atoms with E-state index in [1.807, 2.05) is 0 Å². The molecule has 0 spiro atoms. The number of hydrogen-bond donors (Lipinski definition) is 2. The summed E-state index contributed by atoms with van der Waals surface area (Å²) in [6.07, 6.45) is -0.571. The summed E-state index contributed by atoms with van der Waals surface area (Å²) in [6.45, 7) is 4.47. The van der Waals surface area contributed by atoms with Crippen molar-refractivity contribution >= 4 is 29.4 Å². The first-order valence-corrected chi connectivity index (χ1v) is 12.2. The number of carboxylic acid groups (broad SMARTS) is 1. The van der Waals surface area contributed by atoms with Gasteiger partial charge in [0.1, 0.15) is 12.6 Å². The van der Waals surface area contributed by atoms with Gasteiger partial charge in [0.2, 0.25) is 5.91 Å². The van der Waals surface area contributed by atoms with E-state index in [9.17, 15) is 29.4 Å². The Hall–Kier alpha value is -4.02. The fraction of sp³-hybridized carbons (Fsp3) is 0.357. The fourth-order valence-corrected chi connectivity index (χ4v) is 4.56. The van der Waals surface area contributed by atoms with Crippen molar-refractivity contribution in [3.8, 4) is 0 Å². The molecule has 0 saturated carbocycles. The molecule has 3 atom stereocenters. The quantitative estimate of drug-likeness (QED) is 0.488. The number of aliphatic hydroxyl groups is 1. The van der Waals surface area contributed by atoms with Crippen molar-refractivity contribution in [2.45, 2.75) is 45.4 Å². The number of rotatable bonds is 10. The van der Waals surface area contributed by atoms with Gasteiger partial charge in [-0.3, -0.25) is 14.4 Å². The van der Waals surface area contributed by atoms with Crippen LogP contribution in [0.3, 0.4) is 0 Å². The van der Waals surface area contributed by atoms with E-state index in [1.165, 1.54) is 25.1 Å². The number of carboxylic acids is 1. The minimum absolute atomic E-state index is 0.0433. The minimum Gasteiger partial charge on any atom is -0.479 e. The Balaban J connectivity index is 2.25. The molecule has 0 bridgehead atoms. The second-order valence-corrected chi connectivity index (χ2v) is 9.36. The number of aliphatic carboxylic acids is 1. The van der Waals surface area contributed by atoms with E-state index in [0.717, 1.165) is 10.0 Å². The standard InChI is InChI=1S/C28H33N3O7/c1-18(2)25-27(35)31(23(21-13-9-6-10-14-21)16-29(25)24(33)17-38-4)30(19(3)32)22(26(34)28(36)37)15-20-11-7-5-8-12-20/h5-14,16,18,22,25-26,34H,15,17H2,1-4H3,(H,36,37)/t22-,25+,26?/m0/s1. The number of carbonyl (C=O) groups excluding carboxylic acids is 3. The molecule has 0 aromatic heterocycles. The van der Waals surface area contributed by atoms with Crippen LogP contribution in [0, 0.1) is 5.92 Å². The van der Waals surface area contributed by atoms with Crippen LogP contribution < -0.4 is 0 Å². The lowest BCUT2D eigenvalue weighted by Crippen LogP contribution is -2.64. The van der Waals surface area contributed by atoms with Gasteiger partial charge in [-0.25, -0.2) is 14.8 Å². The summed E-state index contributed by atoms with van der Waals surface area (Å²) in [5, 5.41) is 22.7. The number of nitrogens with zero attached hydrogens (tertiary/aromatic N) is 3. The third kappa shape index (κ3) is 6.09. The van der Waals surface area contributed by atoms with Crippen LogP contribution in [0.15, 0.2) is 66.9 Å². The highest BCUT2D eigenvalue weighted by Gasteiger charge is 2.47. The third-order valence-corrected chi connectivity index (χ3v) is 6.27. The van der Waals surface area contributed by atoms with E-state index >= 15 is 0 Å². The monoisotopic (exact) mass is 523 g/mol. The summed E-state index contributed by atoms with van der Waals surface area (Å²) < 4.78 is 5.03. The zero-order chi connectivity index (χ0) is 28.0. The second-order valence-electron chi connectivity index (χ2n) is 9.36. The lowest BCUT2D eigenvalue weighted by atomic mass is 9.96. The number of hydrazine groups is 1. The predicted octanol–water partition coefficient (Wildman–Crippen LogP) is 2.15. The van der Waals surface area contributed by atoms with E-state index in [0.29, 0.717) is 11.1 Å². The topological polar surface area (TPSA) is 128 Å². The highest BCUT2D eigenvalue weighted by atomic mass is 16.5. The van der Waals surface area contributed by atoms with Crippen molar-refractivity contribution < 1.29 is 34.1 Å². The number of hydrogen-bond acceptors (Lipinski definition) is 6. The molecule has 10 heteroatoms. The molecule has 38 heavy (non-hydrogen) atoms. The molecule has 0 saturated heterocycles. The van der Waals surface area contributed by atoms with Gasteiger partial charge in [0.15, 0.2) is 6.10 Å². The lowest BCUT2D eigenvalue weighted by Gasteiger charge is -2.47. The van der Waals surface area contributed by atoms with E-state index in [2.05, 4.69) is 0 Å². The maximum absolute atomic E-state index is 14.2. The Labute approximate surface area is 221 Å². The fourth-order valence-electron chi connectivity index (χ4n) is 4.56. The van der Waals surface area contributed by atoms with Crippen molar-refractivity contribution in [2.75, 3.05) is 13.7 Å². The smallest absolute Gasteiger partial charge is 0.334 e. The Bertz CT molecular complexity index is 1180. The third-order valence-electron chi connectivity index (χ3n) is 6.27. The number of benzene rings is 2. The van der Waals surface area contributed by atoms with E-state index in [1.54, 1.807) is 74.5 Å². The van der Waals surface area contributed by atoms with Gasteiger partial charge in [-0.1, -0.05) is 74.5 Å². The summed E-state index contributed by atoms with van der Waals surface area (Å²) in [5.41, 5.74) is 1.35. The van der Waals surface area contributed by atoms with E-state index in [-0.39, 0.29) is 24.6 Å². The molecule has 2 N–H and O–H groups in total. The Morgan fingerprint density at radius 3 is 2.11 bits per heavy atom. The van der Waals surface area contributed by atoms with Gasteiger partial charge in [0.05, 0.1) is 11.7 Å². The van der Waals surface area contributed by atoms with Crippen LogP contribution in [0.25, 0.3) is 5.70 Å². The molecule has 202 valence electrons. The predicted molar refractivity (Wildman–Crippen MR) is 139 cm³/mol. The van der Waals surface area contributed by atoms with Gasteiger partial charge < -0.3 is 19.8 Å². The molecule has 0 fully saturated rings. The molecule has 1 heterocycles. The van der Waals surface area contributed by atoms with Crippen molar-refractivity contribution in [3.05, 3.63) is 78.0 Å². The van der Waals surface area contributed by atoms with Gasteiger partial charge in [0, 0.05) is 25.8 Å². The van der Waals surface area contributed by atoms with Crippen molar-refractivity contribution in [3.63, 3.8) is 0 Å². The largest absolute Gasteiger partial charge is 0.479 e. The highest BCUT2D eigenvalue weighted by molar-refractivity contribution is 5.98. The van der Waals surface area contributed by atoms with Crippen molar-refractivity contribution in [1.29, 1.82) is 0 Å². The first-order valence-electron chi connectivity index (χ1n) is 12.2. The van der Waals surface area contributed by atoms with Gasteiger partial charge in [-0.2, -0.15) is 0 Å².